The first-order valence-electron chi connectivity index (χ1n) is 8.83. The van der Waals surface area contributed by atoms with E-state index in [1.54, 1.807) is 36.3 Å². The van der Waals surface area contributed by atoms with Gasteiger partial charge in [-0.15, -0.1) is 0 Å². The van der Waals surface area contributed by atoms with Crippen LogP contribution in [0.25, 0.3) is 0 Å². The maximum atomic E-state index is 13.7. The Labute approximate surface area is 157 Å². The average Bonchev–Trinajstić information content (AvgIpc) is 2.69. The fourth-order valence-corrected chi connectivity index (χ4v) is 3.08. The zero-order chi connectivity index (χ0) is 19.2. The van der Waals surface area contributed by atoms with Gasteiger partial charge in [-0.3, -0.25) is 4.79 Å². The molecule has 6 nitrogen and oxygen atoms in total. The van der Waals surface area contributed by atoms with Gasteiger partial charge in [-0.2, -0.15) is 0 Å². The van der Waals surface area contributed by atoms with Crippen molar-refractivity contribution in [3.63, 3.8) is 0 Å². The second-order valence-electron chi connectivity index (χ2n) is 6.35. The topological polar surface area (TPSA) is 70.7 Å². The van der Waals surface area contributed by atoms with Crippen molar-refractivity contribution in [1.82, 2.24) is 10.2 Å². The molecular formula is C20H22FN3O3. The van der Waals surface area contributed by atoms with E-state index in [1.165, 1.54) is 12.1 Å². The van der Waals surface area contributed by atoms with Crippen LogP contribution in [0.15, 0.2) is 48.5 Å². The smallest absolute Gasteiger partial charge is 0.321 e. The molecule has 2 N–H and O–H groups in total. The summed E-state index contributed by atoms with van der Waals surface area (Å²) in [6, 6.07) is 12.8. The van der Waals surface area contributed by atoms with Gasteiger partial charge in [0.05, 0.1) is 18.4 Å². The molecule has 0 radical (unpaired) electrons. The molecule has 0 aliphatic carbocycles. The Morgan fingerprint density at radius 2 is 1.74 bits per heavy atom. The first-order chi connectivity index (χ1) is 13.1. The van der Waals surface area contributed by atoms with E-state index in [0.29, 0.717) is 37.4 Å². The van der Waals surface area contributed by atoms with Gasteiger partial charge in [-0.05, 0) is 37.1 Å². The number of rotatable bonds is 4. The van der Waals surface area contributed by atoms with Crippen molar-refractivity contribution in [2.75, 3.05) is 25.5 Å². The molecular weight excluding hydrogens is 349 g/mol. The van der Waals surface area contributed by atoms with Crippen LogP contribution in [0.5, 0.6) is 5.75 Å². The zero-order valence-electron chi connectivity index (χ0n) is 15.1. The van der Waals surface area contributed by atoms with Crippen LogP contribution in [0, 0.1) is 5.82 Å². The molecule has 0 bridgehead atoms. The van der Waals surface area contributed by atoms with Crippen molar-refractivity contribution in [1.29, 1.82) is 0 Å². The Bertz CT molecular complexity index is 820. The van der Waals surface area contributed by atoms with Crippen molar-refractivity contribution in [3.05, 3.63) is 59.9 Å². The molecule has 1 aliphatic heterocycles. The predicted octanol–water partition coefficient (Wildman–Crippen LogP) is 3.26. The molecule has 2 aromatic rings. The molecule has 1 aliphatic rings. The molecule has 142 valence electrons. The Balaban J connectivity index is 1.52. The van der Waals surface area contributed by atoms with E-state index < -0.39 is 11.7 Å². The van der Waals surface area contributed by atoms with Gasteiger partial charge in [0.1, 0.15) is 11.6 Å². The molecule has 0 aromatic heterocycles. The summed E-state index contributed by atoms with van der Waals surface area (Å²) in [6.45, 7) is 1.01. The van der Waals surface area contributed by atoms with Crippen LogP contribution < -0.4 is 15.4 Å². The first kappa shape index (κ1) is 18.7. The molecule has 1 fully saturated rings. The van der Waals surface area contributed by atoms with E-state index in [0.717, 1.165) is 0 Å². The Kier molecular flexibility index (Phi) is 5.90. The normalized spacial score (nSPS) is 14.5. The van der Waals surface area contributed by atoms with Crippen molar-refractivity contribution in [2.45, 2.75) is 18.9 Å². The number of hydrogen-bond acceptors (Lipinski definition) is 3. The molecule has 1 heterocycles. The number of anilines is 1. The number of carbonyl (C=O) groups is 2. The average molecular weight is 371 g/mol. The highest BCUT2D eigenvalue weighted by atomic mass is 19.1. The third-order valence-electron chi connectivity index (χ3n) is 4.58. The van der Waals surface area contributed by atoms with E-state index in [-0.39, 0.29) is 17.6 Å². The van der Waals surface area contributed by atoms with E-state index in [9.17, 15) is 14.0 Å². The SMILES string of the molecule is COc1ccccc1NC(=O)N1CCC(NC(=O)c2ccccc2F)CC1. The summed E-state index contributed by atoms with van der Waals surface area (Å²) in [5, 5.41) is 5.69. The van der Waals surface area contributed by atoms with Crippen molar-refractivity contribution >= 4 is 17.6 Å². The molecule has 1 saturated heterocycles. The standard InChI is InChI=1S/C20H22FN3O3/c1-27-18-9-5-4-8-17(18)23-20(26)24-12-10-14(11-13-24)22-19(25)15-6-2-3-7-16(15)21/h2-9,14H,10-13H2,1H3,(H,22,25)(H,23,26). The highest BCUT2D eigenvalue weighted by Gasteiger charge is 2.25. The Morgan fingerprint density at radius 1 is 1.07 bits per heavy atom. The van der Waals surface area contributed by atoms with E-state index in [2.05, 4.69) is 10.6 Å². The highest BCUT2D eigenvalue weighted by Crippen LogP contribution is 2.24. The lowest BCUT2D eigenvalue weighted by Gasteiger charge is -2.32. The number of halogens is 1. The minimum absolute atomic E-state index is 0.0360. The Morgan fingerprint density at radius 3 is 2.44 bits per heavy atom. The van der Waals surface area contributed by atoms with Crippen LogP contribution in [0.1, 0.15) is 23.2 Å². The van der Waals surface area contributed by atoms with Crippen molar-refractivity contribution < 1.29 is 18.7 Å². The molecule has 0 unspecified atom stereocenters. The van der Waals surface area contributed by atoms with Gasteiger partial charge < -0.3 is 20.3 Å². The van der Waals surface area contributed by atoms with E-state index in [4.69, 9.17) is 4.74 Å². The molecule has 7 heteroatoms. The van der Waals surface area contributed by atoms with Crippen LogP contribution in [-0.2, 0) is 0 Å². The molecule has 0 spiro atoms. The third-order valence-corrected chi connectivity index (χ3v) is 4.58. The van der Waals surface area contributed by atoms with Crippen molar-refractivity contribution in [3.8, 4) is 5.75 Å². The maximum absolute atomic E-state index is 13.7. The molecule has 0 atom stereocenters. The molecule has 3 amide bonds. The summed E-state index contributed by atoms with van der Waals surface area (Å²) < 4.78 is 18.9. The summed E-state index contributed by atoms with van der Waals surface area (Å²) in [6.07, 6.45) is 1.22. The minimum atomic E-state index is -0.538. The second-order valence-corrected chi connectivity index (χ2v) is 6.35. The molecule has 27 heavy (non-hydrogen) atoms. The number of methoxy groups -OCH3 is 1. The molecule has 2 aromatic carbocycles. The van der Waals surface area contributed by atoms with Gasteiger partial charge in [-0.1, -0.05) is 24.3 Å². The predicted molar refractivity (Wildman–Crippen MR) is 100 cm³/mol. The van der Waals surface area contributed by atoms with E-state index >= 15 is 0 Å². The number of benzene rings is 2. The van der Waals surface area contributed by atoms with Crippen LogP contribution in [0.3, 0.4) is 0 Å². The first-order valence-corrected chi connectivity index (χ1v) is 8.83. The number of piperidine rings is 1. The summed E-state index contributed by atoms with van der Waals surface area (Å²) in [5.41, 5.74) is 0.647. The zero-order valence-corrected chi connectivity index (χ0v) is 15.1. The fourth-order valence-electron chi connectivity index (χ4n) is 3.08. The lowest BCUT2D eigenvalue weighted by molar-refractivity contribution is 0.0915. The second kappa shape index (κ2) is 8.53. The summed E-state index contributed by atoms with van der Waals surface area (Å²) in [5.74, 6) is -0.369. The third kappa shape index (κ3) is 4.55. The number of carbonyl (C=O) groups excluding carboxylic acids is 2. The minimum Gasteiger partial charge on any atom is -0.495 e. The van der Waals surface area contributed by atoms with Gasteiger partial charge in [0, 0.05) is 19.1 Å². The Hall–Kier alpha value is -3.09. The van der Waals surface area contributed by atoms with Crippen LogP contribution in [-0.4, -0.2) is 43.1 Å². The number of ether oxygens (including phenoxy) is 1. The van der Waals surface area contributed by atoms with Gasteiger partial charge in [0.2, 0.25) is 0 Å². The summed E-state index contributed by atoms with van der Waals surface area (Å²) in [7, 11) is 1.55. The lowest BCUT2D eigenvalue weighted by Crippen LogP contribution is -2.47. The summed E-state index contributed by atoms with van der Waals surface area (Å²) in [4.78, 5) is 26.3. The monoisotopic (exact) mass is 371 g/mol. The van der Waals surface area contributed by atoms with Gasteiger partial charge in [0.25, 0.3) is 5.91 Å². The van der Waals surface area contributed by atoms with Crippen LogP contribution in [0.2, 0.25) is 0 Å². The van der Waals surface area contributed by atoms with Crippen molar-refractivity contribution in [2.24, 2.45) is 0 Å². The number of nitrogens with one attached hydrogen (secondary N) is 2. The van der Waals surface area contributed by atoms with Gasteiger partial charge in [0.15, 0.2) is 0 Å². The molecule has 3 rings (SSSR count). The number of urea groups is 1. The van der Waals surface area contributed by atoms with E-state index in [1.807, 2.05) is 12.1 Å². The van der Waals surface area contributed by atoms with Gasteiger partial charge in [-0.25, -0.2) is 9.18 Å². The number of hydrogen-bond donors (Lipinski definition) is 2. The fraction of sp³-hybridized carbons (Fsp3) is 0.300. The molecule has 0 saturated carbocycles. The number of likely N-dealkylation sites (tertiary alicyclic amines) is 1. The largest absolute Gasteiger partial charge is 0.495 e. The number of amides is 3. The van der Waals surface area contributed by atoms with Gasteiger partial charge >= 0.3 is 6.03 Å². The maximum Gasteiger partial charge on any atom is 0.321 e. The number of nitrogens with zero attached hydrogens (tertiary/aromatic N) is 1. The quantitative estimate of drug-likeness (QED) is 0.867. The highest BCUT2D eigenvalue weighted by molar-refractivity contribution is 5.94. The lowest BCUT2D eigenvalue weighted by atomic mass is 10.0. The van der Waals surface area contributed by atoms with Crippen LogP contribution >= 0.6 is 0 Å². The summed E-state index contributed by atoms with van der Waals surface area (Å²) >= 11 is 0. The number of para-hydroxylation sites is 2. The van der Waals surface area contributed by atoms with Crippen LogP contribution in [0.4, 0.5) is 14.9 Å².